The predicted molar refractivity (Wildman–Crippen MR) is 53.1 cm³/mol. The van der Waals surface area contributed by atoms with E-state index in [4.69, 9.17) is 6.57 Å². The second kappa shape index (κ2) is 3.51. The van der Waals surface area contributed by atoms with Gasteiger partial charge >= 0.3 is 0 Å². The zero-order valence-corrected chi connectivity index (χ0v) is 8.16. The number of piperidine rings is 2. The summed E-state index contributed by atoms with van der Waals surface area (Å²) in [6.45, 7) is 6.83. The summed E-state index contributed by atoms with van der Waals surface area (Å²) >= 11 is 0. The molecule has 0 aromatic heterocycles. The van der Waals surface area contributed by atoms with Gasteiger partial charge in [-0.05, 0) is 32.7 Å². The fourth-order valence-electron chi connectivity index (χ4n) is 2.67. The largest absolute Gasteiger partial charge is 0.300 e. The van der Waals surface area contributed by atoms with E-state index in [-0.39, 0.29) is 0 Å². The van der Waals surface area contributed by atoms with Gasteiger partial charge in [-0.2, -0.15) is 0 Å². The van der Waals surface area contributed by atoms with E-state index in [2.05, 4.69) is 16.8 Å². The van der Waals surface area contributed by atoms with Crippen molar-refractivity contribution in [2.24, 2.45) is 0 Å². The molecule has 2 aliphatic rings. The van der Waals surface area contributed by atoms with Crippen LogP contribution in [0.1, 0.15) is 32.1 Å². The molecule has 2 bridgehead atoms. The Hall–Kier alpha value is -0.810. The van der Waals surface area contributed by atoms with Crippen molar-refractivity contribution in [1.82, 2.24) is 4.90 Å². The lowest BCUT2D eigenvalue weighted by Gasteiger charge is -2.45. The Labute approximate surface area is 80.0 Å². The molecule has 70 valence electrons. The Bertz CT molecular complexity index is 246. The molecule has 2 fully saturated rings. The van der Waals surface area contributed by atoms with Crippen LogP contribution in [0.15, 0.2) is 11.8 Å². The van der Waals surface area contributed by atoms with Crippen LogP contribution in [0.4, 0.5) is 0 Å². The number of rotatable bonds is 0. The minimum Gasteiger partial charge on any atom is -0.300 e. The van der Waals surface area contributed by atoms with Crippen LogP contribution in [0.3, 0.4) is 0 Å². The normalized spacial score (nSPS) is 37.4. The van der Waals surface area contributed by atoms with E-state index in [1.807, 2.05) is 0 Å². The van der Waals surface area contributed by atoms with Crippen LogP contribution >= 0.6 is 0 Å². The molecule has 2 heteroatoms. The molecule has 2 atom stereocenters. The highest BCUT2D eigenvalue weighted by Gasteiger charge is 2.32. The van der Waals surface area contributed by atoms with E-state index in [0.29, 0.717) is 0 Å². The Morgan fingerprint density at radius 2 is 2.00 bits per heavy atom. The van der Waals surface area contributed by atoms with Crippen LogP contribution in [0.5, 0.6) is 0 Å². The highest BCUT2D eigenvalue weighted by Crippen LogP contribution is 2.35. The van der Waals surface area contributed by atoms with Crippen molar-refractivity contribution in [1.29, 1.82) is 0 Å². The zero-order chi connectivity index (χ0) is 9.26. The van der Waals surface area contributed by atoms with Crippen LogP contribution < -0.4 is 0 Å². The third-order valence-corrected chi connectivity index (χ3v) is 3.47. The minimum absolute atomic E-state index is 0.723. The summed E-state index contributed by atoms with van der Waals surface area (Å²) in [5, 5.41) is 0. The molecule has 0 spiro atoms. The number of nitrogens with zero attached hydrogens (tertiary/aromatic N) is 2. The van der Waals surface area contributed by atoms with Crippen LogP contribution in [-0.2, 0) is 0 Å². The van der Waals surface area contributed by atoms with E-state index in [0.717, 1.165) is 24.9 Å². The number of hydrogen-bond acceptors (Lipinski definition) is 1. The molecule has 0 aromatic rings. The van der Waals surface area contributed by atoms with E-state index in [1.165, 1.54) is 24.8 Å². The molecule has 2 heterocycles. The molecule has 2 saturated heterocycles. The second-order valence-electron chi connectivity index (χ2n) is 4.23. The maximum atomic E-state index is 6.83. The van der Waals surface area contributed by atoms with Gasteiger partial charge in [-0.25, -0.2) is 4.85 Å². The van der Waals surface area contributed by atoms with Gasteiger partial charge in [0.1, 0.15) is 0 Å². The summed E-state index contributed by atoms with van der Waals surface area (Å²) in [5.41, 5.74) is 1.38. The quantitative estimate of drug-likeness (QED) is 0.514. The van der Waals surface area contributed by atoms with E-state index in [9.17, 15) is 0 Å². The minimum atomic E-state index is 0.723. The third-order valence-electron chi connectivity index (χ3n) is 3.47. The molecule has 0 radical (unpaired) electrons. The van der Waals surface area contributed by atoms with Crippen molar-refractivity contribution in [3.63, 3.8) is 0 Å². The fraction of sp³-hybridized carbons (Fsp3) is 0.727. The molecule has 0 aliphatic carbocycles. The molecule has 2 nitrogen and oxygen atoms in total. The van der Waals surface area contributed by atoms with Gasteiger partial charge < -0.3 is 0 Å². The van der Waals surface area contributed by atoms with E-state index in [1.54, 1.807) is 6.20 Å². The average molecular weight is 176 g/mol. The standard InChI is InChI=1S/C11H16N2/c1-12-8-9-6-10-4-3-5-11(7-9)13(10)2/h8,10-11H,3-7H2,2H3/t10-,11+. The number of hydrogen-bond donors (Lipinski definition) is 0. The van der Waals surface area contributed by atoms with Crippen molar-refractivity contribution in [2.75, 3.05) is 7.05 Å². The van der Waals surface area contributed by atoms with Crippen LogP contribution in [-0.4, -0.2) is 24.0 Å². The van der Waals surface area contributed by atoms with Gasteiger partial charge in [0, 0.05) is 12.1 Å². The van der Waals surface area contributed by atoms with Gasteiger partial charge in [-0.15, -0.1) is 0 Å². The summed E-state index contributed by atoms with van der Waals surface area (Å²) < 4.78 is 0. The molecule has 0 saturated carbocycles. The molecule has 0 N–H and O–H groups in total. The summed E-state index contributed by atoms with van der Waals surface area (Å²) in [5.74, 6) is 0. The van der Waals surface area contributed by atoms with Crippen LogP contribution in [0.2, 0.25) is 0 Å². The van der Waals surface area contributed by atoms with Gasteiger partial charge in [0.25, 0.3) is 0 Å². The lowest BCUT2D eigenvalue weighted by Crippen LogP contribution is -2.47. The Kier molecular flexibility index (Phi) is 2.37. The van der Waals surface area contributed by atoms with E-state index >= 15 is 0 Å². The van der Waals surface area contributed by atoms with Gasteiger partial charge in [0.05, 0.1) is 6.57 Å². The monoisotopic (exact) mass is 176 g/mol. The van der Waals surface area contributed by atoms with Gasteiger partial charge in [-0.3, -0.25) is 4.90 Å². The molecule has 0 aromatic carbocycles. The molecule has 0 amide bonds. The first-order valence-electron chi connectivity index (χ1n) is 5.07. The molecular weight excluding hydrogens is 160 g/mol. The average Bonchev–Trinajstić information content (AvgIpc) is 2.07. The summed E-state index contributed by atoms with van der Waals surface area (Å²) in [6, 6.07) is 1.45. The van der Waals surface area contributed by atoms with E-state index < -0.39 is 0 Å². The first-order chi connectivity index (χ1) is 6.31. The highest BCUT2D eigenvalue weighted by atomic mass is 15.2. The van der Waals surface area contributed by atoms with Gasteiger partial charge in [0.2, 0.25) is 0 Å². The topological polar surface area (TPSA) is 7.60 Å². The Morgan fingerprint density at radius 3 is 2.54 bits per heavy atom. The molecular formula is C11H16N2. The predicted octanol–water partition coefficient (Wildman–Crippen LogP) is 2.44. The molecule has 0 unspecified atom stereocenters. The Morgan fingerprint density at radius 1 is 1.38 bits per heavy atom. The van der Waals surface area contributed by atoms with Crippen LogP contribution in [0.25, 0.3) is 4.85 Å². The lowest BCUT2D eigenvalue weighted by molar-refractivity contribution is 0.0907. The van der Waals surface area contributed by atoms with Crippen molar-refractivity contribution in [3.8, 4) is 0 Å². The van der Waals surface area contributed by atoms with Crippen LogP contribution in [0, 0.1) is 6.57 Å². The second-order valence-corrected chi connectivity index (χ2v) is 4.23. The van der Waals surface area contributed by atoms with Crippen molar-refractivity contribution in [3.05, 3.63) is 23.2 Å². The Balaban J connectivity index is 2.13. The number of fused-ring (bicyclic) bond motifs is 2. The zero-order valence-electron chi connectivity index (χ0n) is 8.16. The lowest BCUT2D eigenvalue weighted by atomic mass is 9.82. The molecule has 2 aliphatic heterocycles. The summed E-state index contributed by atoms with van der Waals surface area (Å²) in [4.78, 5) is 5.90. The third kappa shape index (κ3) is 1.62. The molecule has 13 heavy (non-hydrogen) atoms. The summed E-state index contributed by atoms with van der Waals surface area (Å²) in [7, 11) is 2.24. The maximum absolute atomic E-state index is 6.83. The van der Waals surface area contributed by atoms with Crippen molar-refractivity contribution in [2.45, 2.75) is 44.2 Å². The van der Waals surface area contributed by atoms with Gasteiger partial charge in [0.15, 0.2) is 6.20 Å². The SMILES string of the molecule is [C-]#[N+]C=C1C[C@H]2CCC[C@@H](C1)N2C. The van der Waals surface area contributed by atoms with Crippen molar-refractivity contribution >= 4 is 0 Å². The fourth-order valence-corrected chi connectivity index (χ4v) is 2.67. The van der Waals surface area contributed by atoms with Crippen molar-refractivity contribution < 1.29 is 0 Å². The maximum Gasteiger partial charge on any atom is 0.153 e. The first kappa shape index (κ1) is 8.77. The smallest absolute Gasteiger partial charge is 0.153 e. The first-order valence-corrected chi connectivity index (χ1v) is 5.07. The highest BCUT2D eigenvalue weighted by molar-refractivity contribution is 5.14. The molecule has 2 rings (SSSR count). The van der Waals surface area contributed by atoms with Gasteiger partial charge in [-0.1, -0.05) is 12.0 Å². The summed E-state index contributed by atoms with van der Waals surface area (Å²) in [6.07, 6.45) is 8.04.